The minimum atomic E-state index is -1.19. The van der Waals surface area contributed by atoms with Gasteiger partial charge in [-0.25, -0.2) is 4.79 Å². The zero-order valence-electron chi connectivity index (χ0n) is 10.1. The minimum absolute atomic E-state index is 0.261. The van der Waals surface area contributed by atoms with Crippen LogP contribution in [0.4, 0.5) is 4.79 Å². The molecule has 0 bridgehead atoms. The van der Waals surface area contributed by atoms with Crippen LogP contribution in [0.25, 0.3) is 0 Å². The van der Waals surface area contributed by atoms with Crippen molar-refractivity contribution in [2.24, 2.45) is 0 Å². The van der Waals surface area contributed by atoms with Gasteiger partial charge in [-0.3, -0.25) is 19.7 Å². The highest BCUT2D eigenvalue weighted by Crippen LogP contribution is 2.09. The number of hydrogen-bond donors (Lipinski definition) is 3. The number of urea groups is 1. The summed E-state index contributed by atoms with van der Waals surface area (Å²) in [5, 5.41) is 13.0. The molecule has 4 amide bonds. The Kier molecular flexibility index (Phi) is 4.24. The molecule has 3 N–H and O–H groups in total. The van der Waals surface area contributed by atoms with Gasteiger partial charge in [0.1, 0.15) is 18.6 Å². The van der Waals surface area contributed by atoms with Gasteiger partial charge in [-0.2, -0.15) is 0 Å². The Morgan fingerprint density at radius 1 is 1.56 bits per heavy atom. The third-order valence-corrected chi connectivity index (χ3v) is 2.61. The summed E-state index contributed by atoms with van der Waals surface area (Å²) in [7, 11) is 0. The maximum Gasteiger partial charge on any atom is 0.325 e. The van der Waals surface area contributed by atoms with Crippen molar-refractivity contribution in [2.75, 3.05) is 6.54 Å². The average Bonchev–Trinajstić information content (AvgIpc) is 2.27. The van der Waals surface area contributed by atoms with E-state index in [-0.39, 0.29) is 6.54 Å². The van der Waals surface area contributed by atoms with Crippen molar-refractivity contribution < 1.29 is 24.3 Å². The highest BCUT2D eigenvalue weighted by molar-refractivity contribution is 6.04. The summed E-state index contributed by atoms with van der Waals surface area (Å²) in [5.74, 6) is -2.32. The number of nitrogens with one attached hydrogen (secondary N) is 2. The van der Waals surface area contributed by atoms with E-state index in [1.54, 1.807) is 6.92 Å². The lowest BCUT2D eigenvalue weighted by molar-refractivity contribution is -0.138. The largest absolute Gasteiger partial charge is 0.480 e. The van der Waals surface area contributed by atoms with Gasteiger partial charge in [0.2, 0.25) is 11.8 Å². The maximum atomic E-state index is 11.8. The molecule has 0 aliphatic carbocycles. The van der Waals surface area contributed by atoms with Crippen molar-refractivity contribution in [3.8, 4) is 0 Å². The van der Waals surface area contributed by atoms with Gasteiger partial charge in [-0.05, 0) is 13.3 Å². The predicted molar refractivity (Wildman–Crippen MR) is 59.6 cm³/mol. The summed E-state index contributed by atoms with van der Waals surface area (Å²) in [5.41, 5.74) is 0. The van der Waals surface area contributed by atoms with Gasteiger partial charge >= 0.3 is 12.0 Å². The molecule has 1 rings (SSSR count). The number of carboxylic acid groups (broad SMARTS) is 1. The fourth-order valence-electron chi connectivity index (χ4n) is 1.62. The van der Waals surface area contributed by atoms with Crippen LogP contribution in [0.1, 0.15) is 20.3 Å². The summed E-state index contributed by atoms with van der Waals surface area (Å²) in [6.45, 7) is 2.73. The summed E-state index contributed by atoms with van der Waals surface area (Å²) in [4.78, 5) is 46.2. The first-order valence-electron chi connectivity index (χ1n) is 5.50. The molecule has 0 radical (unpaired) electrons. The molecule has 1 aliphatic rings. The summed E-state index contributed by atoms with van der Waals surface area (Å²) >= 11 is 0. The molecule has 0 aromatic heterocycles. The number of amides is 4. The second kappa shape index (κ2) is 5.48. The van der Waals surface area contributed by atoms with Crippen LogP contribution in [0.3, 0.4) is 0 Å². The zero-order chi connectivity index (χ0) is 13.9. The molecule has 1 aliphatic heterocycles. The first-order chi connectivity index (χ1) is 8.36. The lowest BCUT2D eigenvalue weighted by Crippen LogP contribution is -2.62. The van der Waals surface area contributed by atoms with Crippen LogP contribution >= 0.6 is 0 Å². The first kappa shape index (κ1) is 13.9. The number of piperazine rings is 1. The number of imide groups is 1. The van der Waals surface area contributed by atoms with E-state index in [2.05, 4.69) is 10.6 Å². The Morgan fingerprint density at radius 3 is 2.67 bits per heavy atom. The van der Waals surface area contributed by atoms with Crippen molar-refractivity contribution in [3.63, 3.8) is 0 Å². The Morgan fingerprint density at radius 2 is 2.17 bits per heavy atom. The third-order valence-electron chi connectivity index (χ3n) is 2.61. The number of carbonyl (C=O) groups excluding carboxylic acids is 3. The predicted octanol–water partition coefficient (Wildman–Crippen LogP) is -1.09. The Hall–Kier alpha value is -2.12. The van der Waals surface area contributed by atoms with Gasteiger partial charge in [0, 0.05) is 0 Å². The van der Waals surface area contributed by atoms with Crippen LogP contribution in [0.5, 0.6) is 0 Å². The quantitative estimate of drug-likeness (QED) is 0.555. The molecule has 2 atom stereocenters. The molecule has 0 aromatic carbocycles. The summed E-state index contributed by atoms with van der Waals surface area (Å²) < 4.78 is 0. The van der Waals surface area contributed by atoms with Crippen molar-refractivity contribution in [2.45, 2.75) is 32.4 Å². The molecular formula is C10H15N3O5. The molecule has 0 saturated carbocycles. The van der Waals surface area contributed by atoms with Gasteiger partial charge < -0.3 is 15.3 Å². The molecule has 1 heterocycles. The van der Waals surface area contributed by atoms with Crippen LogP contribution in [0, 0.1) is 0 Å². The molecule has 8 nitrogen and oxygen atoms in total. The monoisotopic (exact) mass is 257 g/mol. The first-order valence-corrected chi connectivity index (χ1v) is 5.50. The average molecular weight is 257 g/mol. The summed E-state index contributed by atoms with van der Waals surface area (Å²) in [6, 6.07) is -2.58. The van der Waals surface area contributed by atoms with E-state index in [0.29, 0.717) is 6.42 Å². The Bertz CT molecular complexity index is 395. The van der Waals surface area contributed by atoms with Crippen LogP contribution in [0.15, 0.2) is 0 Å². The molecule has 1 fully saturated rings. The molecule has 100 valence electrons. The molecule has 18 heavy (non-hydrogen) atoms. The number of hydrogen-bond acceptors (Lipinski definition) is 4. The van der Waals surface area contributed by atoms with Crippen molar-refractivity contribution >= 4 is 23.8 Å². The van der Waals surface area contributed by atoms with Crippen LogP contribution < -0.4 is 10.6 Å². The van der Waals surface area contributed by atoms with Crippen molar-refractivity contribution in [3.05, 3.63) is 0 Å². The standard InChI is InChI=1S/C10H15N3O5/c1-3-6-8(15)12-7(14)4-13(6)10(18)11-5(2)9(16)17/h5-6H,3-4H2,1-2H3,(H,11,18)(H,16,17)(H,12,14,15)/t5-,6?/m1/s1. The molecule has 0 aromatic rings. The number of carbonyl (C=O) groups is 4. The number of aliphatic carboxylic acids is 1. The molecular weight excluding hydrogens is 242 g/mol. The van der Waals surface area contributed by atoms with E-state index in [4.69, 9.17) is 5.11 Å². The smallest absolute Gasteiger partial charge is 0.325 e. The zero-order valence-corrected chi connectivity index (χ0v) is 10.1. The fourth-order valence-corrected chi connectivity index (χ4v) is 1.62. The third kappa shape index (κ3) is 2.96. The minimum Gasteiger partial charge on any atom is -0.480 e. The van der Waals surface area contributed by atoms with Gasteiger partial charge in [-0.15, -0.1) is 0 Å². The highest BCUT2D eigenvalue weighted by atomic mass is 16.4. The lowest BCUT2D eigenvalue weighted by Gasteiger charge is -2.33. The van der Waals surface area contributed by atoms with E-state index < -0.39 is 35.9 Å². The lowest BCUT2D eigenvalue weighted by atomic mass is 10.1. The van der Waals surface area contributed by atoms with Gasteiger partial charge in [0.05, 0.1) is 0 Å². The topological polar surface area (TPSA) is 116 Å². The number of carboxylic acids is 1. The van der Waals surface area contributed by atoms with Crippen molar-refractivity contribution in [1.29, 1.82) is 0 Å². The molecule has 8 heteroatoms. The van der Waals surface area contributed by atoms with E-state index in [1.807, 2.05) is 0 Å². The van der Waals surface area contributed by atoms with E-state index in [0.717, 1.165) is 4.90 Å². The van der Waals surface area contributed by atoms with Crippen LogP contribution in [-0.2, 0) is 14.4 Å². The second-order valence-corrected chi connectivity index (χ2v) is 3.97. The van der Waals surface area contributed by atoms with E-state index >= 15 is 0 Å². The second-order valence-electron chi connectivity index (χ2n) is 3.97. The maximum absolute atomic E-state index is 11.8. The fraction of sp³-hybridized carbons (Fsp3) is 0.600. The van der Waals surface area contributed by atoms with Crippen LogP contribution in [0.2, 0.25) is 0 Å². The molecule has 0 spiro atoms. The van der Waals surface area contributed by atoms with Gasteiger partial charge in [0.15, 0.2) is 0 Å². The number of nitrogens with zero attached hydrogens (tertiary/aromatic N) is 1. The van der Waals surface area contributed by atoms with Crippen molar-refractivity contribution in [1.82, 2.24) is 15.5 Å². The SMILES string of the molecule is CCC1C(=O)NC(=O)CN1C(=O)N[C@H](C)C(=O)O. The van der Waals surface area contributed by atoms with Crippen LogP contribution in [-0.4, -0.2) is 52.4 Å². The van der Waals surface area contributed by atoms with Gasteiger partial charge in [0.25, 0.3) is 0 Å². The molecule has 1 unspecified atom stereocenters. The van der Waals surface area contributed by atoms with E-state index in [9.17, 15) is 19.2 Å². The molecule has 1 saturated heterocycles. The Balaban J connectivity index is 2.78. The van der Waals surface area contributed by atoms with E-state index in [1.165, 1.54) is 6.92 Å². The number of rotatable bonds is 3. The normalized spacial score (nSPS) is 21.2. The summed E-state index contributed by atoms with van der Waals surface area (Å²) in [6.07, 6.45) is 0.341. The Labute approximate surface area is 103 Å². The highest BCUT2D eigenvalue weighted by Gasteiger charge is 2.36. The van der Waals surface area contributed by atoms with Gasteiger partial charge in [-0.1, -0.05) is 6.92 Å².